The van der Waals surface area contributed by atoms with Crippen LogP contribution >= 0.6 is 0 Å². The summed E-state index contributed by atoms with van der Waals surface area (Å²) in [5, 5.41) is 9.27. The van der Waals surface area contributed by atoms with Crippen LogP contribution in [0.1, 0.15) is 53.4 Å². The summed E-state index contributed by atoms with van der Waals surface area (Å²) in [6.45, 7) is 1.50. The van der Waals surface area contributed by atoms with Gasteiger partial charge >= 0.3 is 47.7 Å². The Labute approximate surface area is 280 Å². The molecule has 10 unspecified atom stereocenters. The minimum atomic E-state index is -5.73. The number of fused-ring (bicyclic) bond motifs is 4. The van der Waals surface area contributed by atoms with E-state index in [1.165, 1.54) is 13.8 Å². The fourth-order valence-electron chi connectivity index (χ4n) is 7.45. The molecule has 18 heteroatoms. The molecule has 50 heavy (non-hydrogen) atoms. The summed E-state index contributed by atoms with van der Waals surface area (Å²) in [7, 11) is 0. The minimum Gasteiger partial charge on any atom is -0.450 e. The van der Waals surface area contributed by atoms with E-state index in [1.807, 2.05) is 18.2 Å². The fourth-order valence-corrected chi connectivity index (χ4v) is 7.45. The predicted octanol–water partition coefficient (Wildman–Crippen LogP) is 6.51. The van der Waals surface area contributed by atoms with Gasteiger partial charge in [0.1, 0.15) is 0 Å². The highest BCUT2D eigenvalue weighted by atomic mass is 19.4. The highest BCUT2D eigenvalue weighted by Crippen LogP contribution is 2.58. The van der Waals surface area contributed by atoms with Crippen molar-refractivity contribution in [1.29, 1.82) is 0 Å². The molecule has 8 nitrogen and oxygen atoms in total. The maximum Gasteiger partial charge on any atom is 0.450 e. The number of carbonyl (C=O) groups is 2. The predicted molar refractivity (Wildman–Crippen MR) is 149 cm³/mol. The van der Waals surface area contributed by atoms with Gasteiger partial charge < -0.3 is 28.8 Å². The van der Waals surface area contributed by atoms with Crippen LogP contribution in [0.15, 0.2) is 24.3 Å². The number of carbonyl (C=O) groups excluding carboxylic acids is 2. The zero-order valence-electron chi connectivity index (χ0n) is 27.4. The van der Waals surface area contributed by atoms with Crippen LogP contribution in [0.4, 0.5) is 43.9 Å². The maximum atomic E-state index is 15.0. The van der Waals surface area contributed by atoms with Gasteiger partial charge in [-0.2, -0.15) is 43.9 Å². The molecule has 1 N–H and O–H groups in total. The van der Waals surface area contributed by atoms with Crippen molar-refractivity contribution >= 4 is 11.9 Å². The van der Waals surface area contributed by atoms with E-state index in [1.54, 1.807) is 6.08 Å². The lowest BCUT2D eigenvalue weighted by atomic mass is 9.91. The zero-order chi connectivity index (χ0) is 37.5. The monoisotopic (exact) mass is 740 g/mol. The Hall–Kier alpha value is -2.44. The smallest absolute Gasteiger partial charge is 0.450 e. The van der Waals surface area contributed by atoms with Gasteiger partial charge in [0.15, 0.2) is 0 Å². The molecule has 4 aliphatic carbocycles. The highest BCUT2D eigenvalue weighted by molar-refractivity contribution is 5.75. The third-order valence-electron chi connectivity index (χ3n) is 10.5. The van der Waals surface area contributed by atoms with Gasteiger partial charge in [0.05, 0.1) is 31.7 Å². The first-order chi connectivity index (χ1) is 22.7. The average molecular weight is 741 g/mol. The van der Waals surface area contributed by atoms with E-state index in [0.717, 1.165) is 13.3 Å². The first-order valence-corrected chi connectivity index (χ1v) is 16.1. The largest absolute Gasteiger partial charge is 0.450 e. The third-order valence-corrected chi connectivity index (χ3v) is 10.5. The van der Waals surface area contributed by atoms with Crippen LogP contribution in [0.2, 0.25) is 0 Å². The lowest BCUT2D eigenvalue weighted by molar-refractivity contribution is -0.424. The number of allylic oxidation sites excluding steroid dienone is 4. The van der Waals surface area contributed by atoms with Crippen LogP contribution in [0.5, 0.6) is 0 Å². The highest BCUT2D eigenvalue weighted by Gasteiger charge is 2.85. The van der Waals surface area contributed by atoms with E-state index in [-0.39, 0.29) is 23.7 Å². The van der Waals surface area contributed by atoms with Crippen molar-refractivity contribution in [2.24, 2.45) is 41.4 Å². The molecule has 2 aliphatic heterocycles. The molecule has 0 aromatic rings. The van der Waals surface area contributed by atoms with Gasteiger partial charge in [0.25, 0.3) is 0 Å². The second-order valence-electron chi connectivity index (χ2n) is 14.8. The Balaban J connectivity index is 0.000000197. The van der Waals surface area contributed by atoms with Gasteiger partial charge in [-0.25, -0.2) is 0 Å². The molecule has 6 aliphatic rings. The minimum absolute atomic E-state index is 0.119. The van der Waals surface area contributed by atoms with E-state index >= 15 is 8.78 Å². The Morgan fingerprint density at radius 1 is 0.740 bits per heavy atom. The molecule has 2 saturated heterocycles. The number of ether oxygens (including phenoxy) is 5. The van der Waals surface area contributed by atoms with Crippen LogP contribution in [0, 0.1) is 41.4 Å². The fraction of sp³-hybridized carbons (Fsp3) is 0.812. The molecule has 10 atom stereocenters. The van der Waals surface area contributed by atoms with Crippen molar-refractivity contribution in [3.8, 4) is 0 Å². The molecule has 0 aromatic heterocycles. The lowest BCUT2D eigenvalue weighted by Crippen LogP contribution is -2.65. The lowest BCUT2D eigenvalue weighted by Gasteiger charge is -2.39. The van der Waals surface area contributed by atoms with E-state index in [9.17, 15) is 49.8 Å². The number of hydrogen-bond donors (Lipinski definition) is 1. The summed E-state index contributed by atoms with van der Waals surface area (Å²) in [5.41, 5.74) is -5.66. The molecule has 0 amide bonds. The Morgan fingerprint density at radius 3 is 1.52 bits per heavy atom. The second-order valence-corrected chi connectivity index (χ2v) is 14.8. The van der Waals surface area contributed by atoms with Crippen LogP contribution in [-0.2, 0) is 33.3 Å². The SMILES string of the molecule is CC(C)COC1(C(F)(F)F)OCC(C)(OC(=O)C2CC3C=CC2C3)C1(F)F.CC1(OC(=O)C2CC3C=CC2C3)COC(O)(C(F)(F)F)C1(F)F. The number of alkyl halides is 10. The van der Waals surface area contributed by atoms with E-state index < -0.39 is 96.5 Å². The van der Waals surface area contributed by atoms with Crippen LogP contribution in [-0.4, -0.2) is 83.8 Å². The van der Waals surface area contributed by atoms with Gasteiger partial charge in [-0.05, 0) is 69.1 Å². The third kappa shape index (κ3) is 5.93. The number of hydrogen-bond acceptors (Lipinski definition) is 8. The van der Waals surface area contributed by atoms with Crippen LogP contribution < -0.4 is 0 Å². The molecular formula is C32H38F10O8. The molecule has 284 valence electrons. The summed E-state index contributed by atoms with van der Waals surface area (Å²) in [5.74, 6) is -21.8. The summed E-state index contributed by atoms with van der Waals surface area (Å²) in [6, 6.07) is 0. The van der Waals surface area contributed by atoms with E-state index in [2.05, 4.69) is 14.2 Å². The molecular weight excluding hydrogens is 702 g/mol. The van der Waals surface area contributed by atoms with Crippen LogP contribution in [0.3, 0.4) is 0 Å². The standard InChI is InChI=1S/C18H23F5O4.C14H15F5O4/c1-10(2)8-25-17(18(21,22)23)16(19,20)15(3,9-26-17)27-14(24)13-7-11-4-5-12(13)6-11;1-11(6-22-13(21,12(11,15)16)14(17,18)19)23-10(20)9-5-7-2-3-8(9)4-7/h4-5,10-13H,6-9H2,1-3H3;2-3,7-9,21H,4-6H2,1H3. The van der Waals surface area contributed by atoms with E-state index in [4.69, 9.17) is 9.47 Å². The topological polar surface area (TPSA) is 101 Å². The first kappa shape index (κ1) is 38.8. The van der Waals surface area contributed by atoms with Gasteiger partial charge in [0, 0.05) is 0 Å². The average Bonchev–Trinajstić information content (AvgIpc) is 3.84. The van der Waals surface area contributed by atoms with Crippen molar-refractivity contribution in [3.05, 3.63) is 24.3 Å². The second kappa shape index (κ2) is 12.3. The van der Waals surface area contributed by atoms with Gasteiger partial charge in [-0.15, -0.1) is 0 Å². The van der Waals surface area contributed by atoms with Crippen molar-refractivity contribution in [2.75, 3.05) is 19.8 Å². The van der Waals surface area contributed by atoms with Gasteiger partial charge in [-0.1, -0.05) is 38.2 Å². The Kier molecular flexibility index (Phi) is 9.56. The molecule has 0 spiro atoms. The van der Waals surface area contributed by atoms with Crippen molar-refractivity contribution in [1.82, 2.24) is 0 Å². The van der Waals surface area contributed by atoms with Crippen molar-refractivity contribution in [2.45, 2.75) is 100 Å². The number of rotatable bonds is 7. The molecule has 4 fully saturated rings. The summed E-state index contributed by atoms with van der Waals surface area (Å²) >= 11 is 0. The Morgan fingerprint density at radius 2 is 1.18 bits per heavy atom. The molecule has 6 rings (SSSR count). The molecule has 2 heterocycles. The quantitative estimate of drug-likeness (QED) is 0.179. The molecule has 0 radical (unpaired) electrons. The van der Waals surface area contributed by atoms with Crippen LogP contribution in [0.25, 0.3) is 0 Å². The summed E-state index contributed by atoms with van der Waals surface area (Å²) in [4.78, 5) is 24.6. The zero-order valence-corrected chi connectivity index (χ0v) is 27.4. The van der Waals surface area contributed by atoms with Crippen molar-refractivity contribution < 1.29 is 82.3 Å². The first-order valence-electron chi connectivity index (χ1n) is 16.1. The maximum absolute atomic E-state index is 15.0. The number of aliphatic hydroxyl groups is 1. The van der Waals surface area contributed by atoms with Gasteiger partial charge in [-0.3, -0.25) is 9.59 Å². The van der Waals surface area contributed by atoms with Crippen molar-refractivity contribution in [3.63, 3.8) is 0 Å². The Bertz CT molecular complexity index is 1400. The summed E-state index contributed by atoms with van der Waals surface area (Å²) in [6.07, 6.45) is -1.43. The molecule has 2 saturated carbocycles. The summed E-state index contributed by atoms with van der Waals surface area (Å²) < 4.78 is 160. The van der Waals surface area contributed by atoms with E-state index in [0.29, 0.717) is 26.2 Å². The normalized spacial score (nSPS) is 42.2. The number of halogens is 10. The molecule has 0 aromatic carbocycles. The van der Waals surface area contributed by atoms with Gasteiger partial charge in [0.2, 0.25) is 11.2 Å². The molecule has 4 bridgehead atoms. The number of esters is 2.